The highest BCUT2D eigenvalue weighted by Gasteiger charge is 2.09. The Kier molecular flexibility index (Phi) is 6.24. The lowest BCUT2D eigenvalue weighted by Gasteiger charge is -2.06. The van der Waals surface area contributed by atoms with Crippen molar-refractivity contribution >= 4 is 27.5 Å². The Morgan fingerprint density at radius 1 is 1.04 bits per heavy atom. The first-order chi connectivity index (χ1) is 11.0. The molecule has 6 heteroatoms. The van der Waals surface area contributed by atoms with E-state index in [2.05, 4.69) is 17.4 Å². The molecule has 0 saturated carbocycles. The first kappa shape index (κ1) is 17.6. The van der Waals surface area contributed by atoms with Crippen molar-refractivity contribution in [3.8, 4) is 0 Å². The average molecular weight is 349 g/mol. The first-order valence-electron chi connectivity index (χ1n) is 7.23. The normalized spacial score (nSPS) is 11.2. The summed E-state index contributed by atoms with van der Waals surface area (Å²) < 4.78 is 22.7. The zero-order chi connectivity index (χ0) is 16.7. The fourth-order valence-corrected chi connectivity index (χ4v) is 3.44. The number of carbonyl (C=O) groups is 1. The molecule has 0 aliphatic heterocycles. The molecule has 0 aliphatic rings. The maximum absolute atomic E-state index is 12.0. The number of hydrogen-bond acceptors (Lipinski definition) is 4. The van der Waals surface area contributed by atoms with Crippen LogP contribution in [0.15, 0.2) is 64.4 Å². The van der Waals surface area contributed by atoms with E-state index in [1.165, 1.54) is 29.2 Å². The smallest absolute Gasteiger partial charge is 0.251 e. The molecular formula is C17H19NO3S2. The van der Waals surface area contributed by atoms with Gasteiger partial charge in [0.1, 0.15) is 0 Å². The van der Waals surface area contributed by atoms with Crippen LogP contribution in [0.2, 0.25) is 0 Å². The molecule has 1 amide bonds. The molecule has 4 nitrogen and oxygen atoms in total. The van der Waals surface area contributed by atoms with E-state index < -0.39 is 9.84 Å². The second-order valence-electron chi connectivity index (χ2n) is 5.07. The quantitative estimate of drug-likeness (QED) is 0.616. The molecule has 1 N–H and O–H groups in total. The largest absolute Gasteiger partial charge is 0.352 e. The SMILES string of the molecule is CS(=O)(=O)c1ccc(C(=O)NCCCSc2ccccc2)cc1. The van der Waals surface area contributed by atoms with Gasteiger partial charge in [-0.1, -0.05) is 18.2 Å². The Morgan fingerprint density at radius 3 is 2.30 bits per heavy atom. The van der Waals surface area contributed by atoms with Gasteiger partial charge in [-0.3, -0.25) is 4.79 Å². The van der Waals surface area contributed by atoms with Gasteiger partial charge in [0.2, 0.25) is 0 Å². The van der Waals surface area contributed by atoms with Crippen LogP contribution in [0, 0.1) is 0 Å². The second kappa shape index (κ2) is 8.17. The molecule has 0 radical (unpaired) electrons. The second-order valence-corrected chi connectivity index (χ2v) is 8.25. The van der Waals surface area contributed by atoms with Crippen molar-refractivity contribution in [2.24, 2.45) is 0 Å². The lowest BCUT2D eigenvalue weighted by Crippen LogP contribution is -2.24. The number of rotatable bonds is 7. The van der Waals surface area contributed by atoms with E-state index in [1.54, 1.807) is 11.8 Å². The predicted molar refractivity (Wildman–Crippen MR) is 93.7 cm³/mol. The van der Waals surface area contributed by atoms with Crippen molar-refractivity contribution < 1.29 is 13.2 Å². The maximum Gasteiger partial charge on any atom is 0.251 e. The van der Waals surface area contributed by atoms with Gasteiger partial charge in [0.15, 0.2) is 9.84 Å². The molecule has 0 saturated heterocycles. The standard InChI is InChI=1S/C17H19NO3S2/c1-23(20,21)16-10-8-14(9-11-16)17(19)18-12-5-13-22-15-6-3-2-4-7-15/h2-4,6-11H,5,12-13H2,1H3,(H,18,19). The minimum absolute atomic E-state index is 0.185. The third-order valence-corrected chi connectivity index (χ3v) is 5.39. The van der Waals surface area contributed by atoms with Crippen LogP contribution < -0.4 is 5.32 Å². The van der Waals surface area contributed by atoms with Crippen LogP contribution in [0.3, 0.4) is 0 Å². The molecule has 0 aliphatic carbocycles. The number of carbonyl (C=O) groups excluding carboxylic acids is 1. The maximum atomic E-state index is 12.0. The molecule has 0 unspecified atom stereocenters. The number of benzene rings is 2. The van der Waals surface area contributed by atoms with Crippen molar-refractivity contribution in [3.63, 3.8) is 0 Å². The van der Waals surface area contributed by atoms with Gasteiger partial charge in [0, 0.05) is 23.3 Å². The van der Waals surface area contributed by atoms with E-state index in [0.717, 1.165) is 18.4 Å². The highest BCUT2D eigenvalue weighted by atomic mass is 32.2. The number of amides is 1. The fourth-order valence-electron chi connectivity index (χ4n) is 1.94. The average Bonchev–Trinajstić information content (AvgIpc) is 2.54. The molecular weight excluding hydrogens is 330 g/mol. The lowest BCUT2D eigenvalue weighted by molar-refractivity contribution is 0.0953. The number of hydrogen-bond donors (Lipinski definition) is 1. The Bertz CT molecular complexity index is 741. The van der Waals surface area contributed by atoms with Gasteiger partial charge in [-0.25, -0.2) is 8.42 Å². The molecule has 0 aromatic heterocycles. The summed E-state index contributed by atoms with van der Waals surface area (Å²) in [5.41, 5.74) is 0.466. The Labute approximate surface area is 141 Å². The van der Waals surface area contributed by atoms with Crippen LogP contribution in [-0.2, 0) is 9.84 Å². The molecule has 2 aromatic carbocycles. The van der Waals surface area contributed by atoms with Crippen LogP contribution in [0.1, 0.15) is 16.8 Å². The van der Waals surface area contributed by atoms with Gasteiger partial charge >= 0.3 is 0 Å². The van der Waals surface area contributed by atoms with Crippen molar-refractivity contribution in [3.05, 3.63) is 60.2 Å². The minimum atomic E-state index is -3.23. The lowest BCUT2D eigenvalue weighted by atomic mass is 10.2. The van der Waals surface area contributed by atoms with Gasteiger partial charge in [-0.05, 0) is 48.6 Å². The molecule has 122 valence electrons. The number of nitrogens with one attached hydrogen (secondary N) is 1. The molecule has 0 heterocycles. The molecule has 2 rings (SSSR count). The summed E-state index contributed by atoms with van der Waals surface area (Å²) in [6.45, 7) is 0.590. The van der Waals surface area contributed by atoms with Crippen LogP contribution in [-0.4, -0.2) is 32.9 Å². The minimum Gasteiger partial charge on any atom is -0.352 e. The predicted octanol–water partition coefficient (Wildman–Crippen LogP) is 3.00. The van der Waals surface area contributed by atoms with E-state index >= 15 is 0 Å². The van der Waals surface area contributed by atoms with Crippen LogP contribution >= 0.6 is 11.8 Å². The third kappa shape index (κ3) is 5.73. The van der Waals surface area contributed by atoms with Crippen molar-refractivity contribution in [2.45, 2.75) is 16.2 Å². The summed E-state index contributed by atoms with van der Waals surface area (Å²) in [6, 6.07) is 16.1. The Balaban J connectivity index is 1.74. The zero-order valence-electron chi connectivity index (χ0n) is 12.9. The summed E-state index contributed by atoms with van der Waals surface area (Å²) in [4.78, 5) is 13.4. The van der Waals surface area contributed by atoms with E-state index in [-0.39, 0.29) is 10.8 Å². The van der Waals surface area contributed by atoms with E-state index in [9.17, 15) is 13.2 Å². The number of sulfone groups is 1. The highest BCUT2D eigenvalue weighted by molar-refractivity contribution is 7.99. The summed E-state index contributed by atoms with van der Waals surface area (Å²) in [5, 5.41) is 2.84. The van der Waals surface area contributed by atoms with Gasteiger partial charge in [0.05, 0.1) is 4.90 Å². The monoisotopic (exact) mass is 349 g/mol. The molecule has 0 spiro atoms. The van der Waals surface area contributed by atoms with Crippen molar-refractivity contribution in [1.82, 2.24) is 5.32 Å². The van der Waals surface area contributed by atoms with Crippen LogP contribution in [0.4, 0.5) is 0 Å². The molecule has 23 heavy (non-hydrogen) atoms. The first-order valence-corrected chi connectivity index (χ1v) is 10.1. The van der Waals surface area contributed by atoms with Crippen molar-refractivity contribution in [1.29, 1.82) is 0 Å². The van der Waals surface area contributed by atoms with Crippen LogP contribution in [0.5, 0.6) is 0 Å². The van der Waals surface area contributed by atoms with Crippen molar-refractivity contribution in [2.75, 3.05) is 18.6 Å². The summed E-state index contributed by atoms with van der Waals surface area (Å²) in [7, 11) is -3.23. The Morgan fingerprint density at radius 2 is 1.70 bits per heavy atom. The fraction of sp³-hybridized carbons (Fsp3) is 0.235. The Hall–Kier alpha value is -1.79. The van der Waals surface area contributed by atoms with Gasteiger partial charge in [-0.15, -0.1) is 11.8 Å². The van der Waals surface area contributed by atoms with Crippen LogP contribution in [0.25, 0.3) is 0 Å². The van der Waals surface area contributed by atoms with E-state index in [0.29, 0.717) is 12.1 Å². The van der Waals surface area contributed by atoms with Gasteiger partial charge in [-0.2, -0.15) is 0 Å². The molecule has 0 atom stereocenters. The third-order valence-electron chi connectivity index (χ3n) is 3.16. The topological polar surface area (TPSA) is 63.2 Å². The van der Waals surface area contributed by atoms with E-state index in [1.807, 2.05) is 18.2 Å². The van der Waals surface area contributed by atoms with Gasteiger partial charge in [0.25, 0.3) is 5.91 Å². The number of thioether (sulfide) groups is 1. The summed E-state index contributed by atoms with van der Waals surface area (Å²) in [5.74, 6) is 0.742. The highest BCUT2D eigenvalue weighted by Crippen LogP contribution is 2.17. The van der Waals surface area contributed by atoms with Gasteiger partial charge < -0.3 is 5.32 Å². The van der Waals surface area contributed by atoms with E-state index in [4.69, 9.17) is 0 Å². The zero-order valence-corrected chi connectivity index (χ0v) is 14.5. The molecule has 2 aromatic rings. The summed E-state index contributed by atoms with van der Waals surface area (Å²) in [6.07, 6.45) is 2.01. The summed E-state index contributed by atoms with van der Waals surface area (Å²) >= 11 is 1.75. The molecule has 0 bridgehead atoms. The molecule has 0 fully saturated rings.